The number of alkyl halides is 3. The van der Waals surface area contributed by atoms with Gasteiger partial charge < -0.3 is 10.4 Å². The lowest BCUT2D eigenvalue weighted by molar-refractivity contribution is -0.137. The van der Waals surface area contributed by atoms with Crippen LogP contribution < -0.4 is 5.32 Å². The number of halogens is 3. The van der Waals surface area contributed by atoms with Crippen LogP contribution in [-0.2, 0) is 17.0 Å². The molecule has 2 N–H and O–H groups in total. The fraction of sp³-hybridized carbons (Fsp3) is 0.538. The van der Waals surface area contributed by atoms with Crippen LogP contribution in [-0.4, -0.2) is 33.8 Å². The molecule has 20 heavy (non-hydrogen) atoms. The second-order valence-electron chi connectivity index (χ2n) is 4.87. The highest BCUT2D eigenvalue weighted by Crippen LogP contribution is 2.30. The van der Waals surface area contributed by atoms with Crippen LogP contribution in [0.15, 0.2) is 29.2 Å². The van der Waals surface area contributed by atoms with Crippen LogP contribution in [0, 0.1) is 0 Å². The van der Waals surface area contributed by atoms with Crippen molar-refractivity contribution in [3.63, 3.8) is 0 Å². The molecule has 1 aliphatic carbocycles. The Morgan fingerprint density at radius 2 is 2.10 bits per heavy atom. The van der Waals surface area contributed by atoms with E-state index in [1.54, 1.807) is 0 Å². The average Bonchev–Trinajstić information content (AvgIpc) is 3.19. The first-order valence-electron chi connectivity index (χ1n) is 6.33. The average molecular weight is 307 g/mol. The maximum atomic E-state index is 12.6. The van der Waals surface area contributed by atoms with Crippen molar-refractivity contribution >= 4 is 10.8 Å². The fourth-order valence-corrected chi connectivity index (χ4v) is 2.88. The fourth-order valence-electron chi connectivity index (χ4n) is 1.73. The van der Waals surface area contributed by atoms with Gasteiger partial charge in [0.25, 0.3) is 0 Å². The topological polar surface area (TPSA) is 49.3 Å². The molecular formula is C13H16F3NO2S. The van der Waals surface area contributed by atoms with Gasteiger partial charge in [-0.25, -0.2) is 0 Å². The van der Waals surface area contributed by atoms with Gasteiger partial charge in [-0.15, -0.1) is 0 Å². The van der Waals surface area contributed by atoms with Gasteiger partial charge in [0.2, 0.25) is 0 Å². The third kappa shape index (κ3) is 4.57. The molecule has 2 unspecified atom stereocenters. The van der Waals surface area contributed by atoms with Crippen molar-refractivity contribution in [2.75, 3.05) is 12.3 Å². The number of hydrogen-bond donors (Lipinski definition) is 2. The van der Waals surface area contributed by atoms with Crippen LogP contribution in [0.3, 0.4) is 0 Å². The van der Waals surface area contributed by atoms with E-state index in [1.807, 2.05) is 0 Å². The first kappa shape index (κ1) is 15.5. The van der Waals surface area contributed by atoms with Gasteiger partial charge in [-0.1, -0.05) is 6.07 Å². The number of nitrogens with one attached hydrogen (secondary N) is 1. The van der Waals surface area contributed by atoms with Crippen molar-refractivity contribution < 1.29 is 22.5 Å². The van der Waals surface area contributed by atoms with E-state index in [2.05, 4.69) is 5.32 Å². The van der Waals surface area contributed by atoms with Crippen LogP contribution in [0.1, 0.15) is 18.4 Å². The molecule has 1 fully saturated rings. The summed E-state index contributed by atoms with van der Waals surface area (Å²) < 4.78 is 49.6. The highest BCUT2D eigenvalue weighted by atomic mass is 32.2. The maximum Gasteiger partial charge on any atom is 0.416 e. The van der Waals surface area contributed by atoms with Crippen LogP contribution in [0.5, 0.6) is 0 Å². The molecule has 1 aromatic carbocycles. The molecule has 0 aliphatic heterocycles. The highest BCUT2D eigenvalue weighted by Gasteiger charge is 2.31. The third-order valence-corrected chi connectivity index (χ3v) is 4.45. The molecule has 0 bridgehead atoms. The zero-order valence-electron chi connectivity index (χ0n) is 10.7. The lowest BCUT2D eigenvalue weighted by atomic mass is 10.2. The predicted molar refractivity (Wildman–Crippen MR) is 69.8 cm³/mol. The summed E-state index contributed by atoms with van der Waals surface area (Å²) in [7, 11) is -1.64. The van der Waals surface area contributed by atoms with E-state index in [9.17, 15) is 22.5 Å². The second kappa shape index (κ2) is 6.24. The summed E-state index contributed by atoms with van der Waals surface area (Å²) in [6.45, 7) is 0.315. The van der Waals surface area contributed by atoms with Gasteiger partial charge in [0.15, 0.2) is 0 Å². The van der Waals surface area contributed by atoms with Gasteiger partial charge in [0.1, 0.15) is 0 Å². The lowest BCUT2D eigenvalue weighted by Crippen LogP contribution is -2.32. The highest BCUT2D eigenvalue weighted by molar-refractivity contribution is 7.85. The molecule has 1 aromatic rings. The molecule has 0 heterocycles. The third-order valence-electron chi connectivity index (χ3n) is 2.99. The molecule has 2 atom stereocenters. The first-order chi connectivity index (χ1) is 9.36. The van der Waals surface area contributed by atoms with E-state index in [4.69, 9.17) is 0 Å². The summed E-state index contributed by atoms with van der Waals surface area (Å²) in [6.07, 6.45) is -3.13. The van der Waals surface area contributed by atoms with E-state index in [1.165, 1.54) is 12.1 Å². The molecular weight excluding hydrogens is 291 g/mol. The summed E-state index contributed by atoms with van der Waals surface area (Å²) in [4.78, 5) is 0.0882. The number of aliphatic hydroxyl groups is 1. The molecule has 7 heteroatoms. The number of hydrogen-bond acceptors (Lipinski definition) is 3. The Kier molecular flexibility index (Phi) is 4.82. The summed E-state index contributed by atoms with van der Waals surface area (Å²) in [5.41, 5.74) is -0.825. The van der Waals surface area contributed by atoms with E-state index < -0.39 is 28.6 Å². The van der Waals surface area contributed by atoms with Crippen molar-refractivity contribution in [2.45, 2.75) is 36.1 Å². The number of benzene rings is 1. The van der Waals surface area contributed by atoms with Gasteiger partial charge in [-0.05, 0) is 31.0 Å². The molecule has 0 radical (unpaired) electrons. The zero-order chi connectivity index (χ0) is 14.8. The molecule has 112 valence electrons. The van der Waals surface area contributed by atoms with Crippen molar-refractivity contribution in [3.05, 3.63) is 29.8 Å². The van der Waals surface area contributed by atoms with E-state index in [-0.39, 0.29) is 10.6 Å². The molecule has 1 saturated carbocycles. The Bertz CT molecular complexity index is 489. The zero-order valence-corrected chi connectivity index (χ0v) is 11.5. The van der Waals surface area contributed by atoms with Gasteiger partial charge in [0.05, 0.1) is 28.2 Å². The smallest absolute Gasteiger partial charge is 0.391 e. The van der Waals surface area contributed by atoms with Crippen molar-refractivity contribution in [2.24, 2.45) is 0 Å². The Labute approximate surface area is 117 Å². The summed E-state index contributed by atoms with van der Waals surface area (Å²) in [5, 5.41) is 12.8. The first-order valence-corrected chi connectivity index (χ1v) is 7.65. The van der Waals surface area contributed by atoms with Crippen LogP contribution in [0.4, 0.5) is 13.2 Å². The van der Waals surface area contributed by atoms with Crippen LogP contribution in [0.25, 0.3) is 0 Å². The van der Waals surface area contributed by atoms with Crippen LogP contribution >= 0.6 is 0 Å². The minimum Gasteiger partial charge on any atom is -0.391 e. The molecule has 2 rings (SSSR count). The molecule has 3 nitrogen and oxygen atoms in total. The van der Waals surface area contributed by atoms with Gasteiger partial charge in [0, 0.05) is 17.5 Å². The summed E-state index contributed by atoms with van der Waals surface area (Å²) in [6, 6.07) is 4.84. The molecule has 0 aromatic heterocycles. The van der Waals surface area contributed by atoms with Gasteiger partial charge >= 0.3 is 6.18 Å². The Morgan fingerprint density at radius 1 is 1.40 bits per heavy atom. The van der Waals surface area contributed by atoms with Crippen molar-refractivity contribution in [1.82, 2.24) is 5.32 Å². The lowest BCUT2D eigenvalue weighted by Gasteiger charge is -2.12. The largest absolute Gasteiger partial charge is 0.416 e. The maximum absolute atomic E-state index is 12.6. The normalized spacial score (nSPS) is 18.8. The predicted octanol–water partition coefficient (Wildman–Crippen LogP) is 1.93. The van der Waals surface area contributed by atoms with Crippen molar-refractivity contribution in [1.29, 1.82) is 0 Å². The number of aliphatic hydroxyl groups excluding tert-OH is 1. The summed E-state index contributed by atoms with van der Waals surface area (Å²) >= 11 is 0. The molecule has 1 aliphatic rings. The van der Waals surface area contributed by atoms with E-state index in [0.29, 0.717) is 12.6 Å². The van der Waals surface area contributed by atoms with Gasteiger partial charge in [-0.2, -0.15) is 13.2 Å². The van der Waals surface area contributed by atoms with Crippen LogP contribution in [0.2, 0.25) is 0 Å². The van der Waals surface area contributed by atoms with E-state index in [0.717, 1.165) is 25.0 Å². The Hall–Kier alpha value is -0.920. The Morgan fingerprint density at radius 3 is 2.70 bits per heavy atom. The van der Waals surface area contributed by atoms with Crippen molar-refractivity contribution in [3.8, 4) is 0 Å². The summed E-state index contributed by atoms with van der Waals surface area (Å²) in [5.74, 6) is -0.0684. The molecule has 0 saturated heterocycles. The number of rotatable bonds is 6. The Balaban J connectivity index is 1.94. The SMILES string of the molecule is O=S(CC(O)CNC1CC1)c1cccc(C(F)(F)F)c1. The quantitative estimate of drug-likeness (QED) is 0.844. The standard InChI is InChI=1S/C13H16F3NO2S/c14-13(15,16)9-2-1-3-12(6-9)20(19)8-11(18)7-17-10-4-5-10/h1-3,6,10-11,17-18H,4-5,7-8H2. The minimum atomic E-state index is -4.45. The molecule has 0 spiro atoms. The monoisotopic (exact) mass is 307 g/mol. The molecule has 0 amide bonds. The minimum absolute atomic E-state index is 0.0684. The second-order valence-corrected chi connectivity index (χ2v) is 6.37. The van der Waals surface area contributed by atoms with Gasteiger partial charge in [-0.3, -0.25) is 4.21 Å². The van der Waals surface area contributed by atoms with E-state index >= 15 is 0 Å².